The normalized spacial score (nSPS) is 11.1. The van der Waals surface area contributed by atoms with Crippen LogP contribution >= 0.6 is 11.6 Å². The van der Waals surface area contributed by atoms with Crippen LogP contribution in [0.3, 0.4) is 0 Å². The molecule has 21 heavy (non-hydrogen) atoms. The van der Waals surface area contributed by atoms with E-state index in [-0.39, 0.29) is 5.91 Å². The Morgan fingerprint density at radius 3 is 2.57 bits per heavy atom. The quantitative estimate of drug-likeness (QED) is 0.722. The largest absolute Gasteiger partial charge is 0.397 e. The number of rotatable bonds is 8. The molecule has 0 aliphatic rings. The first-order valence-corrected chi connectivity index (χ1v) is 7.44. The second-order valence-corrected chi connectivity index (χ2v) is 5.90. The number of carbonyl (C=O) groups excluding carboxylic acids is 1. The molecule has 0 spiro atoms. The number of halogens is 1. The minimum Gasteiger partial charge on any atom is -0.397 e. The van der Waals surface area contributed by atoms with Crippen molar-refractivity contribution in [1.82, 2.24) is 9.80 Å². The van der Waals surface area contributed by atoms with Crippen molar-refractivity contribution in [3.8, 4) is 0 Å². The second-order valence-electron chi connectivity index (χ2n) is 5.49. The maximum Gasteiger partial charge on any atom is 0.225 e. The third kappa shape index (κ3) is 7.32. The van der Waals surface area contributed by atoms with Crippen LogP contribution in [0, 0.1) is 0 Å². The van der Waals surface area contributed by atoms with Gasteiger partial charge in [-0.1, -0.05) is 11.6 Å². The second kappa shape index (κ2) is 8.87. The summed E-state index contributed by atoms with van der Waals surface area (Å²) in [5, 5.41) is 3.32. The molecule has 0 aliphatic carbocycles. The lowest BCUT2D eigenvalue weighted by Gasteiger charge is -2.17. The van der Waals surface area contributed by atoms with Crippen molar-refractivity contribution in [3.05, 3.63) is 23.2 Å². The highest BCUT2D eigenvalue weighted by atomic mass is 35.5. The van der Waals surface area contributed by atoms with Crippen molar-refractivity contribution in [1.29, 1.82) is 0 Å². The summed E-state index contributed by atoms with van der Waals surface area (Å²) in [6.45, 7) is 2.78. The number of carbonyl (C=O) groups is 1. The van der Waals surface area contributed by atoms with Gasteiger partial charge in [0.1, 0.15) is 0 Å². The zero-order valence-electron chi connectivity index (χ0n) is 13.0. The Morgan fingerprint density at radius 1 is 1.24 bits per heavy atom. The molecule has 0 radical (unpaired) electrons. The average molecular weight is 313 g/mol. The number of nitrogen functional groups attached to an aromatic ring is 1. The highest BCUT2D eigenvalue weighted by Gasteiger charge is 2.06. The topological polar surface area (TPSA) is 61.6 Å². The fourth-order valence-electron chi connectivity index (χ4n) is 1.91. The zero-order chi connectivity index (χ0) is 15.8. The zero-order valence-corrected chi connectivity index (χ0v) is 13.8. The number of nitrogens with one attached hydrogen (secondary N) is 1. The predicted molar refractivity (Wildman–Crippen MR) is 89.8 cm³/mol. The van der Waals surface area contributed by atoms with Gasteiger partial charge in [0.05, 0.1) is 10.7 Å². The minimum atomic E-state index is -0.0174. The van der Waals surface area contributed by atoms with Gasteiger partial charge in [0.25, 0.3) is 0 Å². The molecule has 0 aromatic heterocycles. The first kappa shape index (κ1) is 17.8. The molecule has 6 heteroatoms. The van der Waals surface area contributed by atoms with Crippen LogP contribution in [0.25, 0.3) is 0 Å². The van der Waals surface area contributed by atoms with Crippen LogP contribution in [0.2, 0.25) is 5.02 Å². The van der Waals surface area contributed by atoms with E-state index in [0.717, 1.165) is 26.1 Å². The summed E-state index contributed by atoms with van der Waals surface area (Å²) >= 11 is 5.84. The van der Waals surface area contributed by atoms with E-state index in [2.05, 4.69) is 29.2 Å². The Hall–Kier alpha value is -1.30. The van der Waals surface area contributed by atoms with E-state index < -0.39 is 0 Å². The standard InChI is InChI=1S/C15H25ClN4O/c1-19(2)8-4-9-20(3)10-7-15(21)18-12-5-6-13(16)14(17)11-12/h5-6,11H,4,7-10,17H2,1-3H3,(H,18,21). The van der Waals surface area contributed by atoms with E-state index in [4.69, 9.17) is 17.3 Å². The fourth-order valence-corrected chi connectivity index (χ4v) is 2.02. The SMILES string of the molecule is CN(C)CCCN(C)CCC(=O)Nc1ccc(Cl)c(N)c1. The summed E-state index contributed by atoms with van der Waals surface area (Å²) in [6.07, 6.45) is 1.56. The molecule has 0 saturated heterocycles. The lowest BCUT2D eigenvalue weighted by molar-refractivity contribution is -0.116. The summed E-state index contributed by atoms with van der Waals surface area (Å²) in [5.74, 6) is -0.0174. The van der Waals surface area contributed by atoms with Gasteiger partial charge in [0, 0.05) is 18.7 Å². The van der Waals surface area contributed by atoms with Crippen molar-refractivity contribution in [2.24, 2.45) is 0 Å². The molecule has 5 nitrogen and oxygen atoms in total. The van der Waals surface area contributed by atoms with Crippen LogP contribution in [0.5, 0.6) is 0 Å². The van der Waals surface area contributed by atoms with Gasteiger partial charge in [-0.15, -0.1) is 0 Å². The molecule has 0 fully saturated rings. The summed E-state index contributed by atoms with van der Waals surface area (Å²) in [5.41, 5.74) is 6.85. The molecule has 1 aromatic rings. The first-order chi connectivity index (χ1) is 9.88. The summed E-state index contributed by atoms with van der Waals surface area (Å²) < 4.78 is 0. The van der Waals surface area contributed by atoms with Crippen LogP contribution < -0.4 is 11.1 Å². The van der Waals surface area contributed by atoms with Gasteiger partial charge >= 0.3 is 0 Å². The van der Waals surface area contributed by atoms with Crippen molar-refractivity contribution < 1.29 is 4.79 Å². The maximum atomic E-state index is 11.9. The van der Waals surface area contributed by atoms with E-state index in [1.54, 1.807) is 18.2 Å². The molecule has 0 heterocycles. The Bertz CT molecular complexity index is 465. The average Bonchev–Trinajstić information content (AvgIpc) is 2.40. The van der Waals surface area contributed by atoms with E-state index in [1.807, 2.05) is 7.05 Å². The molecule has 0 aliphatic heterocycles. The summed E-state index contributed by atoms with van der Waals surface area (Å²) in [6, 6.07) is 5.10. The van der Waals surface area contributed by atoms with Gasteiger partial charge in [-0.2, -0.15) is 0 Å². The van der Waals surface area contributed by atoms with Crippen LogP contribution in [-0.4, -0.2) is 56.5 Å². The van der Waals surface area contributed by atoms with Gasteiger partial charge in [0.2, 0.25) is 5.91 Å². The molecular formula is C15H25ClN4O. The van der Waals surface area contributed by atoms with E-state index >= 15 is 0 Å². The Kier molecular flexibility index (Phi) is 7.50. The lowest BCUT2D eigenvalue weighted by Crippen LogP contribution is -2.27. The molecule has 118 valence electrons. The number of anilines is 2. The van der Waals surface area contributed by atoms with Crippen molar-refractivity contribution in [2.45, 2.75) is 12.8 Å². The first-order valence-electron chi connectivity index (χ1n) is 7.06. The molecule has 3 N–H and O–H groups in total. The van der Waals surface area contributed by atoms with Crippen LogP contribution in [0.4, 0.5) is 11.4 Å². The van der Waals surface area contributed by atoms with Gasteiger partial charge in [0.15, 0.2) is 0 Å². The van der Waals surface area contributed by atoms with Crippen LogP contribution in [-0.2, 0) is 4.79 Å². The van der Waals surface area contributed by atoms with Crippen LogP contribution in [0.1, 0.15) is 12.8 Å². The molecule has 0 bridgehead atoms. The van der Waals surface area contributed by atoms with E-state index in [9.17, 15) is 4.79 Å². The maximum absolute atomic E-state index is 11.9. The smallest absolute Gasteiger partial charge is 0.225 e. The van der Waals surface area contributed by atoms with Crippen LogP contribution in [0.15, 0.2) is 18.2 Å². The minimum absolute atomic E-state index is 0.0174. The summed E-state index contributed by atoms with van der Waals surface area (Å²) in [7, 11) is 6.15. The summed E-state index contributed by atoms with van der Waals surface area (Å²) in [4.78, 5) is 16.2. The van der Waals surface area contributed by atoms with Crippen molar-refractivity contribution in [2.75, 3.05) is 51.8 Å². The Labute approximate surface area is 132 Å². The highest BCUT2D eigenvalue weighted by molar-refractivity contribution is 6.33. The molecule has 0 atom stereocenters. The van der Waals surface area contributed by atoms with E-state index in [0.29, 0.717) is 22.8 Å². The molecule has 0 saturated carbocycles. The van der Waals surface area contributed by atoms with Crippen molar-refractivity contribution >= 4 is 28.9 Å². The van der Waals surface area contributed by atoms with Gasteiger partial charge in [-0.25, -0.2) is 0 Å². The monoisotopic (exact) mass is 312 g/mol. The van der Waals surface area contributed by atoms with Gasteiger partial charge < -0.3 is 20.9 Å². The number of nitrogens with two attached hydrogens (primary N) is 1. The highest BCUT2D eigenvalue weighted by Crippen LogP contribution is 2.22. The number of amides is 1. The molecule has 1 rings (SSSR count). The number of hydrogen-bond donors (Lipinski definition) is 2. The molecule has 1 amide bonds. The molecule has 1 aromatic carbocycles. The predicted octanol–water partition coefficient (Wildman–Crippen LogP) is 2.13. The fraction of sp³-hybridized carbons (Fsp3) is 0.533. The van der Waals surface area contributed by atoms with Gasteiger partial charge in [-0.3, -0.25) is 4.79 Å². The number of benzene rings is 1. The number of nitrogens with zero attached hydrogens (tertiary/aromatic N) is 2. The number of hydrogen-bond acceptors (Lipinski definition) is 4. The Morgan fingerprint density at radius 2 is 1.95 bits per heavy atom. The molecule has 0 unspecified atom stereocenters. The Balaban J connectivity index is 2.28. The molecular weight excluding hydrogens is 288 g/mol. The third-order valence-corrected chi connectivity index (χ3v) is 3.49. The van der Waals surface area contributed by atoms with Crippen molar-refractivity contribution in [3.63, 3.8) is 0 Å². The van der Waals surface area contributed by atoms with Gasteiger partial charge in [-0.05, 0) is 58.9 Å². The third-order valence-electron chi connectivity index (χ3n) is 3.15. The van der Waals surface area contributed by atoms with E-state index in [1.165, 1.54) is 0 Å². The lowest BCUT2D eigenvalue weighted by atomic mass is 10.2.